The molecule has 1 heterocycles. The summed E-state index contributed by atoms with van der Waals surface area (Å²) in [5.41, 5.74) is 2.14. The Kier molecular flexibility index (Phi) is 4.36. The fourth-order valence-corrected chi connectivity index (χ4v) is 2.04. The van der Waals surface area contributed by atoms with Crippen molar-refractivity contribution in [1.29, 1.82) is 0 Å². The fourth-order valence-electron chi connectivity index (χ4n) is 2.04. The third-order valence-corrected chi connectivity index (χ3v) is 3.49. The SMILES string of the molecule is COc1cccc(OCc2ccc(CNC3CC3)cn2)c1. The van der Waals surface area contributed by atoms with E-state index in [2.05, 4.69) is 16.4 Å². The van der Waals surface area contributed by atoms with E-state index >= 15 is 0 Å². The van der Waals surface area contributed by atoms with Crippen molar-refractivity contribution in [2.24, 2.45) is 0 Å². The molecule has 0 amide bonds. The first kappa shape index (κ1) is 13.9. The molecule has 0 unspecified atom stereocenters. The zero-order chi connectivity index (χ0) is 14.5. The highest BCUT2D eigenvalue weighted by molar-refractivity contribution is 5.32. The summed E-state index contributed by atoms with van der Waals surface area (Å²) in [6.07, 6.45) is 4.53. The highest BCUT2D eigenvalue weighted by Crippen LogP contribution is 2.20. The van der Waals surface area contributed by atoms with Crippen LogP contribution in [0.1, 0.15) is 24.1 Å². The highest BCUT2D eigenvalue weighted by Gasteiger charge is 2.19. The molecule has 1 aromatic heterocycles. The molecule has 4 heteroatoms. The van der Waals surface area contributed by atoms with Crippen LogP contribution in [0.5, 0.6) is 11.5 Å². The molecule has 0 saturated heterocycles. The van der Waals surface area contributed by atoms with E-state index in [9.17, 15) is 0 Å². The van der Waals surface area contributed by atoms with Crippen LogP contribution < -0.4 is 14.8 Å². The molecule has 0 aliphatic heterocycles. The van der Waals surface area contributed by atoms with E-state index < -0.39 is 0 Å². The molecule has 1 aliphatic carbocycles. The van der Waals surface area contributed by atoms with Crippen LogP contribution in [0, 0.1) is 0 Å². The van der Waals surface area contributed by atoms with Gasteiger partial charge in [-0.2, -0.15) is 0 Å². The van der Waals surface area contributed by atoms with Crippen LogP contribution in [0.25, 0.3) is 0 Å². The number of pyridine rings is 1. The predicted octanol–water partition coefficient (Wildman–Crippen LogP) is 2.92. The average molecular weight is 284 g/mol. The van der Waals surface area contributed by atoms with Gasteiger partial charge in [0.1, 0.15) is 18.1 Å². The van der Waals surface area contributed by atoms with Gasteiger partial charge in [-0.15, -0.1) is 0 Å². The highest BCUT2D eigenvalue weighted by atomic mass is 16.5. The lowest BCUT2D eigenvalue weighted by atomic mass is 10.2. The Morgan fingerprint density at radius 2 is 2.05 bits per heavy atom. The van der Waals surface area contributed by atoms with E-state index in [0.717, 1.165) is 29.8 Å². The first-order valence-corrected chi connectivity index (χ1v) is 7.27. The molecule has 3 rings (SSSR count). The van der Waals surface area contributed by atoms with Crippen molar-refractivity contribution in [2.75, 3.05) is 7.11 Å². The number of benzene rings is 1. The molecule has 1 aliphatic rings. The molecule has 1 aromatic carbocycles. The third kappa shape index (κ3) is 4.20. The van der Waals surface area contributed by atoms with Gasteiger partial charge in [0, 0.05) is 24.8 Å². The van der Waals surface area contributed by atoms with Crippen LogP contribution in [0.3, 0.4) is 0 Å². The smallest absolute Gasteiger partial charge is 0.130 e. The van der Waals surface area contributed by atoms with Crippen molar-refractivity contribution in [2.45, 2.75) is 32.0 Å². The van der Waals surface area contributed by atoms with Crippen molar-refractivity contribution < 1.29 is 9.47 Å². The van der Waals surface area contributed by atoms with Crippen molar-refractivity contribution in [3.63, 3.8) is 0 Å². The van der Waals surface area contributed by atoms with E-state index in [0.29, 0.717) is 6.61 Å². The summed E-state index contributed by atoms with van der Waals surface area (Å²) in [5, 5.41) is 3.48. The molecule has 1 saturated carbocycles. The quantitative estimate of drug-likeness (QED) is 0.849. The zero-order valence-electron chi connectivity index (χ0n) is 12.2. The lowest BCUT2D eigenvalue weighted by Crippen LogP contribution is -2.15. The Labute approximate surface area is 125 Å². The molecular formula is C17H20N2O2. The Balaban J connectivity index is 1.52. The second kappa shape index (κ2) is 6.59. The summed E-state index contributed by atoms with van der Waals surface area (Å²) in [6, 6.07) is 12.4. The van der Waals surface area contributed by atoms with Crippen LogP contribution in [0.15, 0.2) is 42.6 Å². The van der Waals surface area contributed by atoms with Crippen LogP contribution in [0.4, 0.5) is 0 Å². The van der Waals surface area contributed by atoms with Crippen LogP contribution in [-0.2, 0) is 13.2 Å². The number of hydrogen-bond acceptors (Lipinski definition) is 4. The first-order chi connectivity index (χ1) is 10.3. The second-order valence-electron chi connectivity index (χ2n) is 5.28. The number of nitrogens with one attached hydrogen (secondary N) is 1. The minimum absolute atomic E-state index is 0.462. The van der Waals surface area contributed by atoms with Gasteiger partial charge in [0.2, 0.25) is 0 Å². The van der Waals surface area contributed by atoms with Gasteiger partial charge in [0.15, 0.2) is 0 Å². The van der Waals surface area contributed by atoms with Crippen LogP contribution >= 0.6 is 0 Å². The maximum Gasteiger partial charge on any atom is 0.130 e. The van der Waals surface area contributed by atoms with Crippen molar-refractivity contribution in [1.82, 2.24) is 10.3 Å². The molecule has 0 atom stereocenters. The van der Waals surface area contributed by atoms with Gasteiger partial charge >= 0.3 is 0 Å². The summed E-state index contributed by atoms with van der Waals surface area (Å²) < 4.78 is 10.9. The summed E-state index contributed by atoms with van der Waals surface area (Å²) in [4.78, 5) is 4.44. The van der Waals surface area contributed by atoms with Crippen molar-refractivity contribution in [3.8, 4) is 11.5 Å². The first-order valence-electron chi connectivity index (χ1n) is 7.27. The van der Waals surface area contributed by atoms with E-state index in [1.807, 2.05) is 36.5 Å². The Hall–Kier alpha value is -2.07. The molecule has 1 fully saturated rings. The monoisotopic (exact) mass is 284 g/mol. The van der Waals surface area contributed by atoms with Crippen LogP contribution in [-0.4, -0.2) is 18.1 Å². The Bertz CT molecular complexity index is 580. The minimum atomic E-state index is 0.462. The van der Waals surface area contributed by atoms with Gasteiger partial charge in [-0.3, -0.25) is 4.98 Å². The predicted molar refractivity (Wildman–Crippen MR) is 81.4 cm³/mol. The Morgan fingerprint density at radius 3 is 2.76 bits per heavy atom. The average Bonchev–Trinajstić information content (AvgIpc) is 3.36. The summed E-state index contributed by atoms with van der Waals surface area (Å²) in [5.74, 6) is 1.58. The Morgan fingerprint density at radius 1 is 1.19 bits per heavy atom. The van der Waals surface area contributed by atoms with E-state index in [-0.39, 0.29) is 0 Å². The molecule has 21 heavy (non-hydrogen) atoms. The maximum absolute atomic E-state index is 5.72. The zero-order valence-corrected chi connectivity index (χ0v) is 12.2. The molecule has 0 radical (unpaired) electrons. The van der Waals surface area contributed by atoms with E-state index in [1.54, 1.807) is 7.11 Å². The molecule has 1 N–H and O–H groups in total. The fraction of sp³-hybridized carbons (Fsp3) is 0.353. The maximum atomic E-state index is 5.72. The minimum Gasteiger partial charge on any atom is -0.497 e. The van der Waals surface area contributed by atoms with E-state index in [1.165, 1.54) is 18.4 Å². The normalized spacial score (nSPS) is 14.0. The standard InChI is InChI=1S/C17H20N2O2/c1-20-16-3-2-4-17(9-16)21-12-15-6-5-13(11-19-15)10-18-14-7-8-14/h2-6,9,11,14,18H,7-8,10,12H2,1H3. The van der Waals surface area contributed by atoms with Gasteiger partial charge in [-0.1, -0.05) is 12.1 Å². The largest absolute Gasteiger partial charge is 0.497 e. The molecule has 2 aromatic rings. The summed E-state index contributed by atoms with van der Waals surface area (Å²) in [7, 11) is 1.65. The summed E-state index contributed by atoms with van der Waals surface area (Å²) in [6.45, 7) is 1.36. The van der Waals surface area contributed by atoms with Gasteiger partial charge in [0.05, 0.1) is 12.8 Å². The van der Waals surface area contributed by atoms with Gasteiger partial charge in [0.25, 0.3) is 0 Å². The topological polar surface area (TPSA) is 43.4 Å². The number of rotatable bonds is 7. The lowest BCUT2D eigenvalue weighted by Gasteiger charge is -2.08. The number of aromatic nitrogens is 1. The number of methoxy groups -OCH3 is 1. The van der Waals surface area contributed by atoms with Gasteiger partial charge < -0.3 is 14.8 Å². The number of hydrogen-bond donors (Lipinski definition) is 1. The molecule has 0 bridgehead atoms. The summed E-state index contributed by atoms with van der Waals surface area (Å²) >= 11 is 0. The van der Waals surface area contributed by atoms with Crippen molar-refractivity contribution in [3.05, 3.63) is 53.9 Å². The van der Waals surface area contributed by atoms with E-state index in [4.69, 9.17) is 9.47 Å². The number of ether oxygens (including phenoxy) is 2. The molecular weight excluding hydrogens is 264 g/mol. The van der Waals surface area contributed by atoms with Gasteiger partial charge in [-0.05, 0) is 36.6 Å². The lowest BCUT2D eigenvalue weighted by molar-refractivity contribution is 0.299. The van der Waals surface area contributed by atoms with Gasteiger partial charge in [-0.25, -0.2) is 0 Å². The molecule has 0 spiro atoms. The molecule has 4 nitrogen and oxygen atoms in total. The van der Waals surface area contributed by atoms with Crippen LogP contribution in [0.2, 0.25) is 0 Å². The number of nitrogens with zero attached hydrogens (tertiary/aromatic N) is 1. The van der Waals surface area contributed by atoms with Crippen molar-refractivity contribution >= 4 is 0 Å². The second-order valence-corrected chi connectivity index (χ2v) is 5.28. The molecule has 110 valence electrons. The third-order valence-electron chi connectivity index (χ3n) is 3.49.